The number of nitrogens with two attached hydrogens (primary N) is 2. The fourth-order valence-corrected chi connectivity index (χ4v) is 4.76. The molecule has 23 heavy (non-hydrogen) atoms. The maximum atomic E-state index is 12.5. The van der Waals surface area contributed by atoms with Crippen LogP contribution in [0.25, 0.3) is 0 Å². The van der Waals surface area contributed by atoms with Crippen LogP contribution in [0.1, 0.15) is 58.1 Å². The van der Waals surface area contributed by atoms with E-state index in [2.05, 4.69) is 20.8 Å². The van der Waals surface area contributed by atoms with E-state index in [4.69, 9.17) is 23.1 Å². The predicted octanol–water partition coefficient (Wildman–Crippen LogP) is 4.29. The molecular formula is C19H29ClN2O. The molecule has 0 radical (unpaired) electrons. The van der Waals surface area contributed by atoms with Crippen molar-refractivity contribution in [3.63, 3.8) is 0 Å². The third-order valence-corrected chi connectivity index (χ3v) is 5.92. The lowest BCUT2D eigenvalue weighted by Gasteiger charge is -2.47. The topological polar surface area (TPSA) is 69.1 Å². The first-order chi connectivity index (χ1) is 10.8. The van der Waals surface area contributed by atoms with Crippen LogP contribution in [0.15, 0.2) is 24.3 Å². The van der Waals surface area contributed by atoms with Crippen LogP contribution < -0.4 is 11.5 Å². The van der Waals surface area contributed by atoms with E-state index >= 15 is 0 Å². The first-order valence-electron chi connectivity index (χ1n) is 8.58. The van der Waals surface area contributed by atoms with Gasteiger partial charge in [0.05, 0.1) is 5.41 Å². The molecule has 4 heteroatoms. The zero-order chi connectivity index (χ0) is 17.2. The summed E-state index contributed by atoms with van der Waals surface area (Å²) in [7, 11) is 0. The van der Waals surface area contributed by atoms with Gasteiger partial charge in [0.2, 0.25) is 5.91 Å². The van der Waals surface area contributed by atoms with Crippen molar-refractivity contribution in [2.75, 3.05) is 0 Å². The van der Waals surface area contributed by atoms with Crippen molar-refractivity contribution in [3.8, 4) is 0 Å². The minimum Gasteiger partial charge on any atom is -0.369 e. The van der Waals surface area contributed by atoms with E-state index in [1.807, 2.05) is 24.3 Å². The van der Waals surface area contributed by atoms with Crippen LogP contribution in [-0.2, 0) is 4.79 Å². The van der Waals surface area contributed by atoms with Gasteiger partial charge < -0.3 is 11.5 Å². The summed E-state index contributed by atoms with van der Waals surface area (Å²) in [6.07, 6.45) is 3.58. The van der Waals surface area contributed by atoms with Crippen LogP contribution in [-0.4, -0.2) is 5.91 Å². The first kappa shape index (κ1) is 18.3. The molecule has 0 bridgehead atoms. The Labute approximate surface area is 144 Å². The standard InChI is InChI=1S/C19H29ClN2O/c1-12(2)15-9-8-13(3)10-19(15,18(22)23)11-17(21)14-6-4-5-7-16(14)20/h4-7,12-13,15,17H,8-11,21H2,1-3H3,(H2,22,23)/t13?,15?,17-,19?/m0/s1. The zero-order valence-electron chi connectivity index (χ0n) is 14.4. The van der Waals surface area contributed by atoms with Gasteiger partial charge in [0.15, 0.2) is 0 Å². The second kappa shape index (κ2) is 7.23. The van der Waals surface area contributed by atoms with Crippen LogP contribution in [0.2, 0.25) is 5.02 Å². The van der Waals surface area contributed by atoms with E-state index in [1.165, 1.54) is 0 Å². The number of rotatable bonds is 5. The Morgan fingerprint density at radius 3 is 2.57 bits per heavy atom. The number of halogens is 1. The van der Waals surface area contributed by atoms with Gasteiger partial charge in [-0.1, -0.05) is 57.0 Å². The maximum Gasteiger partial charge on any atom is 0.224 e. The number of amides is 1. The minimum atomic E-state index is -0.537. The lowest BCUT2D eigenvalue weighted by atomic mass is 9.57. The van der Waals surface area contributed by atoms with E-state index in [9.17, 15) is 4.79 Å². The highest BCUT2D eigenvalue weighted by Crippen LogP contribution is 2.51. The quantitative estimate of drug-likeness (QED) is 0.841. The number of hydrogen-bond donors (Lipinski definition) is 2. The molecule has 4 atom stereocenters. The van der Waals surface area contributed by atoms with E-state index in [-0.39, 0.29) is 17.9 Å². The molecule has 3 unspecified atom stereocenters. The number of benzene rings is 1. The molecule has 0 saturated heterocycles. The van der Waals surface area contributed by atoms with E-state index < -0.39 is 5.41 Å². The summed E-state index contributed by atoms with van der Waals surface area (Å²) in [5, 5.41) is 0.657. The molecule has 128 valence electrons. The minimum absolute atomic E-state index is 0.203. The summed E-state index contributed by atoms with van der Waals surface area (Å²) in [5.74, 6) is 0.986. The summed E-state index contributed by atoms with van der Waals surface area (Å²) >= 11 is 6.29. The third kappa shape index (κ3) is 3.72. The fraction of sp³-hybridized carbons (Fsp3) is 0.632. The Hall–Kier alpha value is -1.06. The van der Waals surface area contributed by atoms with Gasteiger partial charge in [-0.05, 0) is 48.6 Å². The Balaban J connectivity index is 2.36. The number of carbonyl (C=O) groups excluding carboxylic acids is 1. The van der Waals surface area contributed by atoms with E-state index in [0.717, 1.165) is 24.8 Å². The second-order valence-corrected chi connectivity index (χ2v) is 8.00. The van der Waals surface area contributed by atoms with Gasteiger partial charge in [0.1, 0.15) is 0 Å². The van der Waals surface area contributed by atoms with Crippen molar-refractivity contribution in [2.45, 2.75) is 52.5 Å². The van der Waals surface area contributed by atoms with E-state index in [0.29, 0.717) is 23.3 Å². The van der Waals surface area contributed by atoms with Gasteiger partial charge in [0, 0.05) is 11.1 Å². The number of hydrogen-bond acceptors (Lipinski definition) is 2. The lowest BCUT2D eigenvalue weighted by molar-refractivity contribution is -0.137. The summed E-state index contributed by atoms with van der Waals surface area (Å²) < 4.78 is 0. The monoisotopic (exact) mass is 336 g/mol. The summed E-state index contributed by atoms with van der Waals surface area (Å²) in [6, 6.07) is 7.33. The predicted molar refractivity (Wildman–Crippen MR) is 96.0 cm³/mol. The van der Waals surface area contributed by atoms with Crippen molar-refractivity contribution in [1.29, 1.82) is 0 Å². The molecular weight excluding hydrogens is 308 g/mol. The molecule has 4 N–H and O–H groups in total. The van der Waals surface area contributed by atoms with Crippen LogP contribution in [0.4, 0.5) is 0 Å². The molecule has 0 spiro atoms. The normalized spacial score (nSPS) is 29.5. The molecule has 0 aliphatic heterocycles. The van der Waals surface area contributed by atoms with Crippen molar-refractivity contribution in [2.24, 2.45) is 34.6 Å². The smallest absolute Gasteiger partial charge is 0.224 e. The fourth-order valence-electron chi connectivity index (χ4n) is 4.48. The second-order valence-electron chi connectivity index (χ2n) is 7.59. The Morgan fingerprint density at radius 2 is 2.00 bits per heavy atom. The highest BCUT2D eigenvalue weighted by molar-refractivity contribution is 6.31. The van der Waals surface area contributed by atoms with Crippen LogP contribution >= 0.6 is 11.6 Å². The molecule has 0 heterocycles. The molecule has 0 aromatic heterocycles. The molecule has 1 aliphatic rings. The van der Waals surface area contributed by atoms with Gasteiger partial charge in [-0.3, -0.25) is 4.79 Å². The molecule has 1 aliphatic carbocycles. The molecule has 3 nitrogen and oxygen atoms in total. The van der Waals surface area contributed by atoms with Gasteiger partial charge in [-0.25, -0.2) is 0 Å². The molecule has 1 aromatic carbocycles. The number of carbonyl (C=O) groups is 1. The van der Waals surface area contributed by atoms with Crippen molar-refractivity contribution in [1.82, 2.24) is 0 Å². The van der Waals surface area contributed by atoms with Gasteiger partial charge in [-0.15, -0.1) is 0 Å². The van der Waals surface area contributed by atoms with Gasteiger partial charge in [0.25, 0.3) is 0 Å². The first-order valence-corrected chi connectivity index (χ1v) is 8.95. The van der Waals surface area contributed by atoms with Gasteiger partial charge >= 0.3 is 0 Å². The molecule has 1 amide bonds. The van der Waals surface area contributed by atoms with Gasteiger partial charge in [-0.2, -0.15) is 0 Å². The van der Waals surface area contributed by atoms with Crippen LogP contribution in [0.5, 0.6) is 0 Å². The molecule has 1 saturated carbocycles. The SMILES string of the molecule is CC1CCC(C(C)C)C(C[C@H](N)c2ccccc2Cl)(C(N)=O)C1. The number of primary amides is 1. The molecule has 1 fully saturated rings. The highest BCUT2D eigenvalue weighted by Gasteiger charge is 2.49. The van der Waals surface area contributed by atoms with Crippen molar-refractivity contribution in [3.05, 3.63) is 34.9 Å². The summed E-state index contributed by atoms with van der Waals surface area (Å²) in [4.78, 5) is 12.5. The molecule has 2 rings (SSSR count). The summed E-state index contributed by atoms with van der Waals surface area (Å²) in [6.45, 7) is 6.56. The highest BCUT2D eigenvalue weighted by atomic mass is 35.5. The van der Waals surface area contributed by atoms with Crippen LogP contribution in [0, 0.1) is 23.2 Å². The average molecular weight is 337 g/mol. The maximum absolute atomic E-state index is 12.5. The Morgan fingerprint density at radius 1 is 1.35 bits per heavy atom. The molecule has 1 aromatic rings. The summed E-state index contributed by atoms with van der Waals surface area (Å²) in [5.41, 5.74) is 12.8. The van der Waals surface area contributed by atoms with Crippen molar-refractivity contribution >= 4 is 17.5 Å². The zero-order valence-corrected chi connectivity index (χ0v) is 15.1. The van der Waals surface area contributed by atoms with Crippen LogP contribution in [0.3, 0.4) is 0 Å². The Bertz CT molecular complexity index is 560. The lowest BCUT2D eigenvalue weighted by Crippen LogP contribution is -2.50. The largest absolute Gasteiger partial charge is 0.369 e. The van der Waals surface area contributed by atoms with Crippen molar-refractivity contribution < 1.29 is 4.79 Å². The van der Waals surface area contributed by atoms with E-state index in [1.54, 1.807) is 0 Å². The third-order valence-electron chi connectivity index (χ3n) is 5.58. The average Bonchev–Trinajstić information content (AvgIpc) is 2.47. The Kier molecular flexibility index (Phi) is 5.74.